The number of aromatic nitrogens is 1. The van der Waals surface area contributed by atoms with Gasteiger partial charge < -0.3 is 4.90 Å². The molecule has 17 heavy (non-hydrogen) atoms. The van der Waals surface area contributed by atoms with Gasteiger partial charge in [-0.15, -0.1) is 0 Å². The normalized spacial score (nSPS) is 16.8. The van der Waals surface area contributed by atoms with Crippen molar-refractivity contribution in [3.8, 4) is 0 Å². The highest BCUT2D eigenvalue weighted by molar-refractivity contribution is 6.29. The number of rotatable bonds is 0. The number of fused-ring (bicyclic) bond motifs is 2. The molecule has 0 N–H and O–H groups in total. The molecule has 1 aliphatic rings. The van der Waals surface area contributed by atoms with Gasteiger partial charge in [-0.1, -0.05) is 11.6 Å². The summed E-state index contributed by atoms with van der Waals surface area (Å²) >= 11 is 5.94. The van der Waals surface area contributed by atoms with E-state index in [0.717, 1.165) is 31.4 Å². The van der Waals surface area contributed by atoms with Gasteiger partial charge in [-0.2, -0.15) is 0 Å². The third kappa shape index (κ3) is 2.15. The van der Waals surface area contributed by atoms with Crippen molar-refractivity contribution in [1.29, 1.82) is 0 Å². The number of likely N-dealkylation sites (N-methyl/N-ethyl adjacent to an activating group) is 1. The van der Waals surface area contributed by atoms with Crippen molar-refractivity contribution < 1.29 is 0 Å². The largest absolute Gasteiger partial charge is 0.306 e. The average Bonchev–Trinajstić information content (AvgIpc) is 2.49. The van der Waals surface area contributed by atoms with E-state index in [4.69, 9.17) is 11.6 Å². The molecule has 1 aliphatic heterocycles. The van der Waals surface area contributed by atoms with Crippen LogP contribution in [0.4, 0.5) is 0 Å². The highest BCUT2D eigenvalue weighted by Gasteiger charge is 2.12. The maximum atomic E-state index is 5.94. The third-order valence-electron chi connectivity index (χ3n) is 3.50. The van der Waals surface area contributed by atoms with E-state index in [1.807, 2.05) is 6.07 Å². The standard InChI is InChI=1S/C14H15ClN2/c1-17-6-4-10-8-12-2-3-14(15)16-13(12)9-11(10)5-7-17/h2-3,8-9H,4-7H2,1H3. The quantitative estimate of drug-likeness (QED) is 0.665. The summed E-state index contributed by atoms with van der Waals surface area (Å²) in [6.07, 6.45) is 2.24. The Kier molecular flexibility index (Phi) is 2.77. The van der Waals surface area contributed by atoms with Gasteiger partial charge in [0.15, 0.2) is 0 Å². The minimum absolute atomic E-state index is 0.572. The lowest BCUT2D eigenvalue weighted by molar-refractivity contribution is 0.352. The Balaban J connectivity index is 2.13. The second kappa shape index (κ2) is 4.28. The van der Waals surface area contributed by atoms with E-state index in [-0.39, 0.29) is 0 Å². The number of pyridine rings is 1. The molecule has 0 bridgehead atoms. The van der Waals surface area contributed by atoms with Crippen LogP contribution < -0.4 is 0 Å². The molecular formula is C14H15ClN2. The zero-order valence-corrected chi connectivity index (χ0v) is 10.7. The lowest BCUT2D eigenvalue weighted by Gasteiger charge is -2.10. The number of nitrogens with zero attached hydrogens (tertiary/aromatic N) is 2. The summed E-state index contributed by atoms with van der Waals surface area (Å²) < 4.78 is 0. The number of hydrogen-bond donors (Lipinski definition) is 0. The van der Waals surface area contributed by atoms with Crippen molar-refractivity contribution in [2.45, 2.75) is 12.8 Å². The van der Waals surface area contributed by atoms with Crippen LogP contribution in [-0.4, -0.2) is 30.0 Å². The fourth-order valence-corrected chi connectivity index (χ4v) is 2.59. The van der Waals surface area contributed by atoms with Crippen molar-refractivity contribution in [3.63, 3.8) is 0 Å². The van der Waals surface area contributed by atoms with Gasteiger partial charge in [0, 0.05) is 18.5 Å². The van der Waals surface area contributed by atoms with Gasteiger partial charge in [0.25, 0.3) is 0 Å². The van der Waals surface area contributed by atoms with E-state index in [9.17, 15) is 0 Å². The summed E-state index contributed by atoms with van der Waals surface area (Å²) in [6, 6.07) is 8.39. The molecule has 0 fully saturated rings. The first-order valence-electron chi connectivity index (χ1n) is 5.99. The van der Waals surface area contributed by atoms with Gasteiger partial charge in [-0.05, 0) is 55.3 Å². The molecule has 2 aromatic rings. The molecule has 0 saturated carbocycles. The molecule has 0 aliphatic carbocycles. The van der Waals surface area contributed by atoms with Gasteiger partial charge >= 0.3 is 0 Å². The molecule has 0 amide bonds. The van der Waals surface area contributed by atoms with Crippen LogP contribution in [0.15, 0.2) is 24.3 Å². The van der Waals surface area contributed by atoms with E-state index in [1.54, 1.807) is 0 Å². The molecule has 1 aromatic carbocycles. The monoisotopic (exact) mass is 246 g/mol. The fraction of sp³-hybridized carbons (Fsp3) is 0.357. The van der Waals surface area contributed by atoms with Crippen LogP contribution in [0, 0.1) is 0 Å². The van der Waals surface area contributed by atoms with Gasteiger partial charge in [0.1, 0.15) is 5.15 Å². The lowest BCUT2D eigenvalue weighted by Crippen LogP contribution is -2.20. The molecule has 2 nitrogen and oxygen atoms in total. The second-order valence-corrected chi connectivity index (χ2v) is 5.14. The van der Waals surface area contributed by atoms with E-state index in [2.05, 4.69) is 35.1 Å². The van der Waals surface area contributed by atoms with Gasteiger partial charge in [-0.25, -0.2) is 4.98 Å². The maximum absolute atomic E-state index is 5.94. The summed E-state index contributed by atoms with van der Waals surface area (Å²) in [5, 5.41) is 1.76. The smallest absolute Gasteiger partial charge is 0.129 e. The van der Waals surface area contributed by atoms with Crippen molar-refractivity contribution in [2.24, 2.45) is 0 Å². The number of hydrogen-bond acceptors (Lipinski definition) is 2. The predicted octanol–water partition coefficient (Wildman–Crippen LogP) is 2.92. The van der Waals surface area contributed by atoms with E-state index in [1.165, 1.54) is 16.5 Å². The molecule has 0 saturated heterocycles. The summed E-state index contributed by atoms with van der Waals surface area (Å²) in [5.41, 5.74) is 3.91. The summed E-state index contributed by atoms with van der Waals surface area (Å²) in [7, 11) is 2.18. The Hall–Kier alpha value is -1.12. The van der Waals surface area contributed by atoms with Crippen LogP contribution in [0.25, 0.3) is 10.9 Å². The van der Waals surface area contributed by atoms with Gasteiger partial charge in [-0.3, -0.25) is 0 Å². The third-order valence-corrected chi connectivity index (χ3v) is 3.71. The van der Waals surface area contributed by atoms with E-state index in [0.29, 0.717) is 5.15 Å². The highest BCUT2D eigenvalue weighted by Crippen LogP contribution is 2.23. The second-order valence-electron chi connectivity index (χ2n) is 4.75. The van der Waals surface area contributed by atoms with E-state index >= 15 is 0 Å². The molecule has 1 aromatic heterocycles. The Labute approximate surface area is 106 Å². The molecule has 88 valence electrons. The Bertz CT molecular complexity index is 565. The van der Waals surface area contributed by atoms with Crippen molar-refractivity contribution in [1.82, 2.24) is 9.88 Å². The van der Waals surface area contributed by atoms with Crippen LogP contribution >= 0.6 is 11.6 Å². The van der Waals surface area contributed by atoms with Crippen molar-refractivity contribution in [2.75, 3.05) is 20.1 Å². The lowest BCUT2D eigenvalue weighted by atomic mass is 10.0. The maximum Gasteiger partial charge on any atom is 0.129 e. The first-order valence-corrected chi connectivity index (χ1v) is 6.37. The van der Waals surface area contributed by atoms with Crippen LogP contribution in [0.2, 0.25) is 5.15 Å². The number of halogens is 1. The molecule has 0 radical (unpaired) electrons. The van der Waals surface area contributed by atoms with Crippen LogP contribution in [-0.2, 0) is 12.8 Å². The minimum Gasteiger partial charge on any atom is -0.306 e. The molecular weight excluding hydrogens is 232 g/mol. The first-order chi connectivity index (χ1) is 8.22. The van der Waals surface area contributed by atoms with Crippen LogP contribution in [0.5, 0.6) is 0 Å². The fourth-order valence-electron chi connectivity index (χ4n) is 2.44. The molecule has 3 heteroatoms. The summed E-state index contributed by atoms with van der Waals surface area (Å²) in [4.78, 5) is 6.77. The van der Waals surface area contributed by atoms with Crippen molar-refractivity contribution in [3.05, 3.63) is 40.5 Å². The molecule has 0 unspecified atom stereocenters. The molecule has 2 heterocycles. The Morgan fingerprint density at radius 1 is 1.12 bits per heavy atom. The molecule has 3 rings (SSSR count). The zero-order chi connectivity index (χ0) is 11.8. The average molecular weight is 247 g/mol. The zero-order valence-electron chi connectivity index (χ0n) is 9.91. The Morgan fingerprint density at radius 3 is 2.59 bits per heavy atom. The summed E-state index contributed by atoms with van der Waals surface area (Å²) in [5.74, 6) is 0. The SMILES string of the molecule is CN1CCc2cc3ccc(Cl)nc3cc2CC1. The topological polar surface area (TPSA) is 16.1 Å². The molecule has 0 atom stereocenters. The van der Waals surface area contributed by atoms with Gasteiger partial charge in [0.2, 0.25) is 0 Å². The van der Waals surface area contributed by atoms with Crippen LogP contribution in [0.1, 0.15) is 11.1 Å². The van der Waals surface area contributed by atoms with E-state index < -0.39 is 0 Å². The first kappa shape index (κ1) is 11.0. The predicted molar refractivity (Wildman–Crippen MR) is 71.7 cm³/mol. The number of benzene rings is 1. The van der Waals surface area contributed by atoms with Crippen molar-refractivity contribution >= 4 is 22.5 Å². The summed E-state index contributed by atoms with van der Waals surface area (Å²) in [6.45, 7) is 2.26. The van der Waals surface area contributed by atoms with Crippen LogP contribution in [0.3, 0.4) is 0 Å². The minimum atomic E-state index is 0.572. The van der Waals surface area contributed by atoms with Gasteiger partial charge in [0.05, 0.1) is 5.52 Å². The highest BCUT2D eigenvalue weighted by atomic mass is 35.5. The Morgan fingerprint density at radius 2 is 1.82 bits per heavy atom. The molecule has 0 spiro atoms.